The lowest BCUT2D eigenvalue weighted by Gasteiger charge is -2.29. The third-order valence-corrected chi connectivity index (χ3v) is 3.85. The minimum Gasteiger partial charge on any atom is -0.444 e. The van der Waals surface area contributed by atoms with Gasteiger partial charge in [0, 0.05) is 13.1 Å². The number of anilines is 2. The van der Waals surface area contributed by atoms with E-state index in [1.807, 2.05) is 32.9 Å². The molecule has 0 bridgehead atoms. The molecule has 0 radical (unpaired) electrons. The Labute approximate surface area is 142 Å². The molecule has 2 aromatic rings. The van der Waals surface area contributed by atoms with Crippen molar-refractivity contribution in [3.05, 3.63) is 53.7 Å². The van der Waals surface area contributed by atoms with Crippen molar-refractivity contribution in [3.63, 3.8) is 0 Å². The average Bonchev–Trinajstić information content (AvgIpc) is 2.53. The second-order valence-electron chi connectivity index (χ2n) is 6.97. The van der Waals surface area contributed by atoms with Crippen LogP contribution in [0.1, 0.15) is 31.9 Å². The summed E-state index contributed by atoms with van der Waals surface area (Å²) in [5.41, 5.74) is 2.88. The molecule has 0 unspecified atom stereocenters. The number of rotatable bonds is 2. The van der Waals surface area contributed by atoms with E-state index in [4.69, 9.17) is 4.74 Å². The fraction of sp³-hybridized carbons (Fsp3) is 0.368. The number of hydrogen-bond donors (Lipinski definition) is 1. The van der Waals surface area contributed by atoms with Gasteiger partial charge in [-0.3, -0.25) is 5.32 Å². The molecule has 1 aromatic carbocycles. The van der Waals surface area contributed by atoms with Crippen LogP contribution < -0.4 is 10.2 Å². The van der Waals surface area contributed by atoms with Gasteiger partial charge >= 0.3 is 6.09 Å². The van der Waals surface area contributed by atoms with Crippen LogP contribution in [-0.4, -0.2) is 23.2 Å². The predicted octanol–water partition coefficient (Wildman–Crippen LogP) is 3.99. The number of nitrogens with zero attached hydrogens (tertiary/aromatic N) is 2. The zero-order valence-corrected chi connectivity index (χ0v) is 14.4. The maximum Gasteiger partial charge on any atom is 0.412 e. The number of ether oxygens (including phenoxy) is 1. The van der Waals surface area contributed by atoms with Crippen LogP contribution in [0.4, 0.5) is 16.3 Å². The van der Waals surface area contributed by atoms with E-state index in [1.54, 1.807) is 6.20 Å². The molecular formula is C19H23N3O2. The second-order valence-corrected chi connectivity index (χ2v) is 6.97. The molecule has 0 aliphatic carbocycles. The lowest BCUT2D eigenvalue weighted by atomic mass is 10.00. The molecule has 3 rings (SSSR count). The highest BCUT2D eigenvalue weighted by Gasteiger charge is 2.18. The van der Waals surface area contributed by atoms with Gasteiger partial charge in [-0.05, 0) is 50.5 Å². The summed E-state index contributed by atoms with van der Waals surface area (Å²) in [6.45, 7) is 7.32. The molecule has 2 heterocycles. The molecule has 1 aliphatic heterocycles. The minimum atomic E-state index is -0.515. The van der Waals surface area contributed by atoms with Crippen LogP contribution in [0.15, 0.2) is 42.6 Å². The Bertz CT molecular complexity index is 720. The summed E-state index contributed by atoms with van der Waals surface area (Å²) in [6, 6.07) is 12.3. The Morgan fingerprint density at radius 2 is 1.92 bits per heavy atom. The molecule has 5 nitrogen and oxygen atoms in total. The topological polar surface area (TPSA) is 54.5 Å². The van der Waals surface area contributed by atoms with E-state index >= 15 is 0 Å². The first-order valence-electron chi connectivity index (χ1n) is 8.18. The molecule has 1 amide bonds. The van der Waals surface area contributed by atoms with Crippen LogP contribution in [-0.2, 0) is 17.7 Å². The van der Waals surface area contributed by atoms with Crippen LogP contribution in [0.3, 0.4) is 0 Å². The van der Waals surface area contributed by atoms with Crippen molar-refractivity contribution >= 4 is 17.6 Å². The van der Waals surface area contributed by atoms with Crippen LogP contribution >= 0.6 is 0 Å². The fourth-order valence-corrected chi connectivity index (χ4v) is 2.76. The molecule has 0 spiro atoms. The Morgan fingerprint density at radius 3 is 2.58 bits per heavy atom. The Balaban J connectivity index is 1.64. The Morgan fingerprint density at radius 1 is 1.17 bits per heavy atom. The first-order chi connectivity index (χ1) is 11.4. The van der Waals surface area contributed by atoms with Crippen molar-refractivity contribution in [2.45, 2.75) is 39.3 Å². The van der Waals surface area contributed by atoms with Gasteiger partial charge in [-0.15, -0.1) is 0 Å². The van der Waals surface area contributed by atoms with Crippen LogP contribution in [0, 0.1) is 0 Å². The lowest BCUT2D eigenvalue weighted by molar-refractivity contribution is 0.0636. The van der Waals surface area contributed by atoms with Gasteiger partial charge < -0.3 is 9.64 Å². The maximum absolute atomic E-state index is 11.8. The number of aromatic nitrogens is 1. The molecule has 1 aromatic heterocycles. The van der Waals surface area contributed by atoms with Crippen LogP contribution in [0.25, 0.3) is 0 Å². The van der Waals surface area contributed by atoms with Gasteiger partial charge in [0.1, 0.15) is 11.4 Å². The molecule has 0 saturated heterocycles. The summed E-state index contributed by atoms with van der Waals surface area (Å²) in [7, 11) is 0. The molecule has 1 N–H and O–H groups in total. The van der Waals surface area contributed by atoms with E-state index in [-0.39, 0.29) is 0 Å². The molecule has 0 fully saturated rings. The van der Waals surface area contributed by atoms with Crippen molar-refractivity contribution in [2.75, 3.05) is 16.8 Å². The van der Waals surface area contributed by atoms with E-state index < -0.39 is 11.7 Å². The number of carbonyl (C=O) groups is 1. The highest BCUT2D eigenvalue weighted by Crippen LogP contribution is 2.23. The van der Waals surface area contributed by atoms with E-state index in [1.165, 1.54) is 11.1 Å². The normalized spacial score (nSPS) is 14.0. The number of amides is 1. The molecule has 1 aliphatic rings. The van der Waals surface area contributed by atoms with E-state index in [0.717, 1.165) is 25.3 Å². The van der Waals surface area contributed by atoms with Crippen molar-refractivity contribution in [2.24, 2.45) is 0 Å². The average molecular weight is 325 g/mol. The van der Waals surface area contributed by atoms with E-state index in [2.05, 4.69) is 39.5 Å². The summed E-state index contributed by atoms with van der Waals surface area (Å²) < 4.78 is 5.24. The number of carbonyl (C=O) groups excluding carboxylic acids is 1. The van der Waals surface area contributed by atoms with Crippen molar-refractivity contribution in [1.82, 2.24) is 4.98 Å². The van der Waals surface area contributed by atoms with Crippen molar-refractivity contribution in [3.8, 4) is 0 Å². The monoisotopic (exact) mass is 325 g/mol. The highest BCUT2D eigenvalue weighted by atomic mass is 16.6. The van der Waals surface area contributed by atoms with Gasteiger partial charge in [0.15, 0.2) is 0 Å². The zero-order valence-electron chi connectivity index (χ0n) is 14.4. The number of benzene rings is 1. The SMILES string of the molecule is CC(C)(C)OC(=O)Nc1ccc(N2CCc3ccccc3C2)nc1. The molecule has 0 saturated carbocycles. The summed E-state index contributed by atoms with van der Waals surface area (Å²) in [4.78, 5) is 18.5. The van der Waals surface area contributed by atoms with Gasteiger partial charge in [-0.2, -0.15) is 0 Å². The smallest absolute Gasteiger partial charge is 0.412 e. The molecule has 0 atom stereocenters. The van der Waals surface area contributed by atoms with Crippen molar-refractivity contribution in [1.29, 1.82) is 0 Å². The number of pyridine rings is 1. The summed E-state index contributed by atoms with van der Waals surface area (Å²) in [5.74, 6) is 0.916. The van der Waals surface area contributed by atoms with Gasteiger partial charge in [0.25, 0.3) is 0 Å². The first kappa shape index (κ1) is 16.3. The van der Waals surface area contributed by atoms with Gasteiger partial charge in [0.05, 0.1) is 11.9 Å². The first-order valence-corrected chi connectivity index (χ1v) is 8.18. The van der Waals surface area contributed by atoms with Gasteiger partial charge in [0.2, 0.25) is 0 Å². The molecule has 126 valence electrons. The minimum absolute atomic E-state index is 0.469. The molecule has 24 heavy (non-hydrogen) atoms. The molecule has 5 heteroatoms. The number of nitrogens with one attached hydrogen (secondary N) is 1. The van der Waals surface area contributed by atoms with Crippen molar-refractivity contribution < 1.29 is 9.53 Å². The number of hydrogen-bond acceptors (Lipinski definition) is 4. The Kier molecular flexibility index (Phi) is 4.42. The standard InChI is InChI=1S/C19H23N3O2/c1-19(2,3)24-18(23)21-16-8-9-17(20-12-16)22-11-10-14-6-4-5-7-15(14)13-22/h4-9,12H,10-11,13H2,1-3H3,(H,21,23). The Hall–Kier alpha value is -2.56. The second kappa shape index (κ2) is 6.51. The maximum atomic E-state index is 11.8. The third-order valence-electron chi connectivity index (χ3n) is 3.85. The zero-order chi connectivity index (χ0) is 17.2. The largest absolute Gasteiger partial charge is 0.444 e. The van der Waals surface area contributed by atoms with Crippen LogP contribution in [0.5, 0.6) is 0 Å². The number of fused-ring (bicyclic) bond motifs is 1. The van der Waals surface area contributed by atoms with E-state index in [9.17, 15) is 4.79 Å². The summed E-state index contributed by atoms with van der Waals surface area (Å²) in [6.07, 6.45) is 2.22. The fourth-order valence-electron chi connectivity index (χ4n) is 2.76. The molecular weight excluding hydrogens is 302 g/mol. The summed E-state index contributed by atoms with van der Waals surface area (Å²) >= 11 is 0. The van der Waals surface area contributed by atoms with Gasteiger partial charge in [-0.25, -0.2) is 9.78 Å². The lowest BCUT2D eigenvalue weighted by Crippen LogP contribution is -2.31. The van der Waals surface area contributed by atoms with E-state index in [0.29, 0.717) is 5.69 Å². The summed E-state index contributed by atoms with van der Waals surface area (Å²) in [5, 5.41) is 2.70. The van der Waals surface area contributed by atoms with Crippen LogP contribution in [0.2, 0.25) is 0 Å². The predicted molar refractivity (Wildman–Crippen MR) is 95.3 cm³/mol. The van der Waals surface area contributed by atoms with Gasteiger partial charge in [-0.1, -0.05) is 24.3 Å². The highest BCUT2D eigenvalue weighted by molar-refractivity contribution is 5.84. The third kappa shape index (κ3) is 4.04. The quantitative estimate of drug-likeness (QED) is 0.907.